The molecule has 2 aliphatic heterocycles. The van der Waals surface area contributed by atoms with E-state index in [4.69, 9.17) is 21.1 Å². The summed E-state index contributed by atoms with van der Waals surface area (Å²) in [5.41, 5.74) is 0.935. The Morgan fingerprint density at radius 1 is 1.18 bits per heavy atom. The number of amides is 3. The molecule has 0 bridgehead atoms. The minimum atomic E-state index is -0.856. The van der Waals surface area contributed by atoms with Crippen molar-refractivity contribution in [3.05, 3.63) is 29.3 Å². The maximum atomic E-state index is 13.1. The maximum Gasteiger partial charge on any atom is 0.338 e. The minimum absolute atomic E-state index is 0.182. The zero-order chi connectivity index (χ0) is 24.7. The Morgan fingerprint density at radius 3 is 2.53 bits per heavy atom. The van der Waals surface area contributed by atoms with Crippen LogP contribution in [0.1, 0.15) is 13.8 Å². The van der Waals surface area contributed by atoms with Gasteiger partial charge in [0, 0.05) is 45.4 Å². The molecular weight excluding hydrogens is 484 g/mol. The number of thioether (sulfide) groups is 1. The van der Waals surface area contributed by atoms with E-state index in [2.05, 4.69) is 15.5 Å². The van der Waals surface area contributed by atoms with Gasteiger partial charge in [-0.05, 0) is 19.1 Å². The number of hydrogen-bond acceptors (Lipinski definition) is 8. The predicted molar refractivity (Wildman–Crippen MR) is 129 cm³/mol. The molecular formula is C22H29ClN4O6S. The summed E-state index contributed by atoms with van der Waals surface area (Å²) >= 11 is 7.52. The highest BCUT2D eigenvalue weighted by molar-refractivity contribution is 8.00. The molecule has 2 saturated heterocycles. The van der Waals surface area contributed by atoms with Crippen LogP contribution in [0.2, 0.25) is 5.02 Å². The standard InChI is InChI=1S/C22H29ClN4O6S/c1-3-32-22(31)18-17(33-18)19(29)24-8-13-34-20(25-14(2)28)21(30)27-11-9-26(10-12-27)16-7-5-4-6-15(16)23/h4-7,17-18,20H,3,8-13H2,1-2H3,(H,24,29)(H,25,28)/t17-,18-,20-/m0/s1. The molecule has 2 fully saturated rings. The molecule has 2 aliphatic rings. The van der Waals surface area contributed by atoms with Crippen LogP contribution in [0.15, 0.2) is 24.3 Å². The molecule has 0 unspecified atom stereocenters. The van der Waals surface area contributed by atoms with E-state index < -0.39 is 29.5 Å². The molecule has 2 N–H and O–H groups in total. The van der Waals surface area contributed by atoms with Gasteiger partial charge in [0.2, 0.25) is 5.91 Å². The molecule has 2 heterocycles. The smallest absolute Gasteiger partial charge is 0.338 e. The second-order valence-electron chi connectivity index (χ2n) is 7.74. The molecule has 3 atom stereocenters. The highest BCUT2D eigenvalue weighted by Gasteiger charge is 2.51. The van der Waals surface area contributed by atoms with E-state index in [0.717, 1.165) is 5.69 Å². The van der Waals surface area contributed by atoms with Crippen molar-refractivity contribution in [1.82, 2.24) is 15.5 Å². The third-order valence-corrected chi connectivity index (χ3v) is 6.71. The lowest BCUT2D eigenvalue weighted by molar-refractivity contribution is -0.144. The fourth-order valence-corrected chi connectivity index (χ4v) is 4.82. The molecule has 1 aromatic carbocycles. The quantitative estimate of drug-likeness (QED) is 0.203. The van der Waals surface area contributed by atoms with Gasteiger partial charge in [0.05, 0.1) is 17.3 Å². The van der Waals surface area contributed by atoms with E-state index in [-0.39, 0.29) is 25.0 Å². The SMILES string of the molecule is CCOC(=O)[C@H]1O[C@@H]1C(=O)NCCS[C@H](NC(C)=O)C(=O)N1CCN(c2ccccc2Cl)CC1. The Labute approximate surface area is 207 Å². The van der Waals surface area contributed by atoms with Crippen LogP contribution in [0.4, 0.5) is 5.69 Å². The van der Waals surface area contributed by atoms with Crippen LogP contribution < -0.4 is 15.5 Å². The highest BCUT2D eigenvalue weighted by atomic mass is 35.5. The van der Waals surface area contributed by atoms with Gasteiger partial charge in [-0.2, -0.15) is 0 Å². The van der Waals surface area contributed by atoms with Gasteiger partial charge in [0.15, 0.2) is 17.6 Å². The van der Waals surface area contributed by atoms with Gasteiger partial charge < -0.3 is 29.9 Å². The van der Waals surface area contributed by atoms with Gasteiger partial charge in [0.1, 0.15) is 0 Å². The lowest BCUT2D eigenvalue weighted by atomic mass is 10.2. The maximum absolute atomic E-state index is 13.1. The molecule has 3 amide bonds. The summed E-state index contributed by atoms with van der Waals surface area (Å²) in [5.74, 6) is -1.06. The topological polar surface area (TPSA) is 121 Å². The van der Waals surface area contributed by atoms with Crippen LogP contribution in [-0.4, -0.2) is 91.3 Å². The molecule has 0 aromatic heterocycles. The predicted octanol–water partition coefficient (Wildman–Crippen LogP) is 0.631. The molecule has 10 nitrogen and oxygen atoms in total. The second-order valence-corrected chi connectivity index (χ2v) is 9.36. The van der Waals surface area contributed by atoms with Crippen LogP contribution in [0.5, 0.6) is 0 Å². The van der Waals surface area contributed by atoms with Crippen LogP contribution in [0.3, 0.4) is 0 Å². The zero-order valence-corrected chi connectivity index (χ0v) is 20.7. The summed E-state index contributed by atoms with van der Waals surface area (Å²) in [6, 6.07) is 7.59. The van der Waals surface area contributed by atoms with E-state index in [1.807, 2.05) is 24.3 Å². The molecule has 0 spiro atoms. The van der Waals surface area contributed by atoms with Gasteiger partial charge in [0.25, 0.3) is 11.8 Å². The number of para-hydroxylation sites is 1. The van der Waals surface area contributed by atoms with Crippen LogP contribution in [0.25, 0.3) is 0 Å². The molecule has 0 aliphatic carbocycles. The summed E-state index contributed by atoms with van der Waals surface area (Å²) < 4.78 is 9.89. The lowest BCUT2D eigenvalue weighted by Gasteiger charge is -2.37. The first-order valence-electron chi connectivity index (χ1n) is 11.1. The first-order valence-corrected chi connectivity index (χ1v) is 12.5. The van der Waals surface area contributed by atoms with Gasteiger partial charge in [-0.3, -0.25) is 14.4 Å². The first-order chi connectivity index (χ1) is 16.3. The molecule has 1 aromatic rings. The molecule has 186 valence electrons. The van der Waals surface area contributed by atoms with Crippen molar-refractivity contribution in [2.24, 2.45) is 0 Å². The normalized spacial score (nSPS) is 20.3. The number of piperazine rings is 1. The zero-order valence-electron chi connectivity index (χ0n) is 19.1. The Kier molecular flexibility index (Phi) is 9.43. The van der Waals surface area contributed by atoms with Crippen molar-refractivity contribution >= 4 is 52.7 Å². The monoisotopic (exact) mass is 512 g/mol. The van der Waals surface area contributed by atoms with Crippen molar-refractivity contribution in [2.45, 2.75) is 31.4 Å². The van der Waals surface area contributed by atoms with E-state index in [1.54, 1.807) is 11.8 Å². The van der Waals surface area contributed by atoms with E-state index >= 15 is 0 Å². The number of carbonyl (C=O) groups is 4. The van der Waals surface area contributed by atoms with Crippen LogP contribution in [-0.2, 0) is 28.7 Å². The number of rotatable bonds is 10. The molecule has 0 saturated carbocycles. The third-order valence-electron chi connectivity index (χ3n) is 5.30. The van der Waals surface area contributed by atoms with E-state index in [1.165, 1.54) is 18.7 Å². The van der Waals surface area contributed by atoms with Crippen molar-refractivity contribution < 1.29 is 28.7 Å². The number of epoxide rings is 1. The van der Waals surface area contributed by atoms with E-state index in [0.29, 0.717) is 37.0 Å². The number of esters is 1. The fourth-order valence-electron chi connectivity index (χ4n) is 3.57. The fraction of sp³-hybridized carbons (Fsp3) is 0.545. The number of anilines is 1. The summed E-state index contributed by atoms with van der Waals surface area (Å²) in [6.45, 7) is 5.78. The summed E-state index contributed by atoms with van der Waals surface area (Å²) in [6.07, 6.45) is -1.70. The Bertz CT molecular complexity index is 911. The Morgan fingerprint density at radius 2 is 1.88 bits per heavy atom. The average Bonchev–Trinajstić information content (AvgIpc) is 3.62. The lowest BCUT2D eigenvalue weighted by Crippen LogP contribution is -2.54. The average molecular weight is 513 g/mol. The van der Waals surface area contributed by atoms with E-state index in [9.17, 15) is 19.2 Å². The number of hydrogen-bond donors (Lipinski definition) is 2. The number of halogens is 1. The number of nitrogens with zero attached hydrogens (tertiary/aromatic N) is 2. The highest BCUT2D eigenvalue weighted by Crippen LogP contribution is 2.26. The molecule has 12 heteroatoms. The third kappa shape index (κ3) is 7.00. The number of benzene rings is 1. The van der Waals surface area contributed by atoms with Crippen LogP contribution in [0, 0.1) is 0 Å². The van der Waals surface area contributed by atoms with Gasteiger partial charge in [-0.25, -0.2) is 4.79 Å². The second kappa shape index (κ2) is 12.3. The van der Waals surface area contributed by atoms with Crippen molar-refractivity contribution in [2.75, 3.05) is 50.0 Å². The largest absolute Gasteiger partial charge is 0.464 e. The molecule has 34 heavy (non-hydrogen) atoms. The summed E-state index contributed by atoms with van der Waals surface area (Å²) in [4.78, 5) is 52.2. The van der Waals surface area contributed by atoms with Crippen LogP contribution >= 0.6 is 23.4 Å². The van der Waals surface area contributed by atoms with Crippen molar-refractivity contribution in [3.63, 3.8) is 0 Å². The van der Waals surface area contributed by atoms with Gasteiger partial charge in [-0.15, -0.1) is 11.8 Å². The van der Waals surface area contributed by atoms with Gasteiger partial charge in [-0.1, -0.05) is 23.7 Å². The molecule has 0 radical (unpaired) electrons. The van der Waals surface area contributed by atoms with Gasteiger partial charge >= 0.3 is 5.97 Å². The van der Waals surface area contributed by atoms with Crippen molar-refractivity contribution in [1.29, 1.82) is 0 Å². The number of nitrogens with one attached hydrogen (secondary N) is 2. The Hall–Kier alpha value is -2.50. The first kappa shape index (κ1) is 26.1. The van der Waals surface area contributed by atoms with Crippen molar-refractivity contribution in [3.8, 4) is 0 Å². The number of ether oxygens (including phenoxy) is 2. The Balaban J connectivity index is 1.44. The minimum Gasteiger partial charge on any atom is -0.464 e. The summed E-state index contributed by atoms with van der Waals surface area (Å²) in [5, 5.41) is 5.28. The molecule has 3 rings (SSSR count). The summed E-state index contributed by atoms with van der Waals surface area (Å²) in [7, 11) is 0. The number of carbonyl (C=O) groups excluding carboxylic acids is 4.